The fourth-order valence-corrected chi connectivity index (χ4v) is 31.7. The number of rotatable bonds is 28. The lowest BCUT2D eigenvalue weighted by molar-refractivity contribution is -0.0350. The summed E-state index contributed by atoms with van der Waals surface area (Å²) in [7, 11) is -8.22. The molecule has 280 valence electrons. The molecule has 0 amide bonds. The van der Waals surface area contributed by atoms with Crippen LogP contribution in [0.15, 0.2) is 0 Å². The number of hydrogen-bond acceptors (Lipinski definition) is 9. The molecule has 0 fully saturated rings. The standard InChI is InChI=1S/C21H50O7Si3.C10H28O2Si3/c1-9-10-17-29(3,4)27-31(7,8)28-30(5,6)18-11-12-25-19-21(22)20-26-16-15-24-14-13-23-2;1-8-9-10-14(4,5)12-15(6,7)11-13(2)3/h21-22H,9-20H2,1-8H3;13H,8-10H2,1-7H3. The molecule has 0 saturated carbocycles. The molecule has 0 aromatic rings. The van der Waals surface area contributed by atoms with E-state index < -0.39 is 57.2 Å². The predicted octanol–water partition coefficient (Wildman–Crippen LogP) is 8.09. The van der Waals surface area contributed by atoms with E-state index in [-0.39, 0.29) is 13.2 Å². The van der Waals surface area contributed by atoms with Crippen molar-refractivity contribution >= 4 is 51.1 Å². The van der Waals surface area contributed by atoms with Gasteiger partial charge in [-0.15, -0.1) is 0 Å². The van der Waals surface area contributed by atoms with Crippen LogP contribution in [0.4, 0.5) is 0 Å². The topological polar surface area (TPSA) is 94.1 Å². The van der Waals surface area contributed by atoms with Gasteiger partial charge in [-0.2, -0.15) is 0 Å². The van der Waals surface area contributed by atoms with Gasteiger partial charge >= 0.3 is 17.1 Å². The second-order valence-electron chi connectivity index (χ2n) is 15.3. The molecule has 0 aliphatic heterocycles. The van der Waals surface area contributed by atoms with E-state index in [1.165, 1.54) is 37.8 Å². The van der Waals surface area contributed by atoms with Crippen molar-refractivity contribution in [2.24, 2.45) is 0 Å². The van der Waals surface area contributed by atoms with Crippen LogP contribution in [0.2, 0.25) is 96.7 Å². The van der Waals surface area contributed by atoms with Gasteiger partial charge in [0, 0.05) is 13.7 Å². The van der Waals surface area contributed by atoms with Gasteiger partial charge in [0.1, 0.15) is 6.10 Å². The monoisotopic (exact) mass is 762 g/mol. The molecular weight excluding hydrogens is 685 g/mol. The van der Waals surface area contributed by atoms with Crippen LogP contribution in [0.25, 0.3) is 0 Å². The molecule has 0 aliphatic rings. The molecule has 0 saturated heterocycles. The Labute approximate surface area is 292 Å². The van der Waals surface area contributed by atoms with Crippen molar-refractivity contribution in [1.29, 1.82) is 0 Å². The quantitative estimate of drug-likeness (QED) is 0.0627. The van der Waals surface area contributed by atoms with Gasteiger partial charge in [-0.1, -0.05) is 39.5 Å². The molecule has 1 unspecified atom stereocenters. The average Bonchev–Trinajstić information content (AvgIpc) is 2.87. The normalized spacial score (nSPS) is 14.0. The maximum absolute atomic E-state index is 9.94. The Balaban J connectivity index is 0. The number of unbranched alkanes of at least 4 members (excludes halogenated alkanes) is 2. The zero-order valence-electron chi connectivity index (χ0n) is 33.0. The average molecular weight is 763 g/mol. The number of hydrogen-bond donors (Lipinski definition) is 1. The molecule has 1 N–H and O–H groups in total. The lowest BCUT2D eigenvalue weighted by Gasteiger charge is -2.38. The minimum absolute atomic E-state index is 0.256. The van der Waals surface area contributed by atoms with Crippen LogP contribution in [0.5, 0.6) is 0 Å². The molecule has 0 aliphatic carbocycles. The third kappa shape index (κ3) is 32.2. The summed E-state index contributed by atoms with van der Waals surface area (Å²) < 4.78 is 46.8. The largest absolute Gasteiger partial charge is 0.440 e. The summed E-state index contributed by atoms with van der Waals surface area (Å²) in [5, 5.41) is 9.94. The molecule has 0 spiro atoms. The van der Waals surface area contributed by atoms with Crippen LogP contribution in [-0.2, 0) is 35.4 Å². The number of ether oxygens (including phenoxy) is 4. The van der Waals surface area contributed by atoms with E-state index in [1.54, 1.807) is 7.11 Å². The minimum Gasteiger partial charge on any atom is -0.440 e. The molecular formula is C31H78O9Si6. The van der Waals surface area contributed by atoms with Gasteiger partial charge in [-0.25, -0.2) is 0 Å². The molecule has 15 heteroatoms. The van der Waals surface area contributed by atoms with Crippen LogP contribution in [-0.4, -0.2) is 116 Å². The lowest BCUT2D eigenvalue weighted by atomic mass is 10.4. The highest BCUT2D eigenvalue weighted by molar-refractivity contribution is 6.88. The van der Waals surface area contributed by atoms with Crippen molar-refractivity contribution < 1.29 is 40.5 Å². The molecule has 46 heavy (non-hydrogen) atoms. The van der Waals surface area contributed by atoms with Gasteiger partial charge in [0.2, 0.25) is 0 Å². The zero-order chi connectivity index (χ0) is 35.9. The molecule has 0 aromatic heterocycles. The Morgan fingerprint density at radius 2 is 0.935 bits per heavy atom. The minimum atomic E-state index is -2.13. The molecule has 0 bridgehead atoms. The smallest absolute Gasteiger partial charge is 0.311 e. The van der Waals surface area contributed by atoms with Gasteiger partial charge in [0.05, 0.1) is 39.6 Å². The van der Waals surface area contributed by atoms with Crippen LogP contribution < -0.4 is 0 Å². The predicted molar refractivity (Wildman–Crippen MR) is 210 cm³/mol. The Morgan fingerprint density at radius 1 is 0.543 bits per heavy atom. The summed E-state index contributed by atoms with van der Waals surface area (Å²) in [5.74, 6) is 0. The van der Waals surface area contributed by atoms with Crippen molar-refractivity contribution in [3.63, 3.8) is 0 Å². The first-order valence-corrected chi connectivity index (χ1v) is 35.6. The van der Waals surface area contributed by atoms with E-state index in [0.29, 0.717) is 33.0 Å². The summed E-state index contributed by atoms with van der Waals surface area (Å²) in [6.45, 7) is 34.7. The van der Waals surface area contributed by atoms with Gasteiger partial charge in [0.25, 0.3) is 0 Å². The Bertz CT molecular complexity index is 729. The van der Waals surface area contributed by atoms with Gasteiger partial charge in [0.15, 0.2) is 34.0 Å². The first-order valence-electron chi connectivity index (χ1n) is 17.8. The van der Waals surface area contributed by atoms with Gasteiger partial charge in [-0.3, -0.25) is 0 Å². The fraction of sp³-hybridized carbons (Fsp3) is 1.00. The highest BCUT2D eigenvalue weighted by Gasteiger charge is 2.39. The number of aliphatic hydroxyl groups excluding tert-OH is 1. The summed E-state index contributed by atoms with van der Waals surface area (Å²) in [6.07, 6.45) is 5.33. The molecule has 0 heterocycles. The van der Waals surface area contributed by atoms with Crippen LogP contribution in [0.1, 0.15) is 46.0 Å². The molecule has 9 nitrogen and oxygen atoms in total. The van der Waals surface area contributed by atoms with E-state index in [2.05, 4.69) is 92.4 Å². The van der Waals surface area contributed by atoms with E-state index in [4.69, 9.17) is 35.4 Å². The van der Waals surface area contributed by atoms with Crippen molar-refractivity contribution in [2.75, 3.05) is 53.4 Å². The summed E-state index contributed by atoms with van der Waals surface area (Å²) >= 11 is 0. The van der Waals surface area contributed by atoms with Crippen molar-refractivity contribution in [2.45, 2.75) is 149 Å². The number of methoxy groups -OCH3 is 1. The Hall–Kier alpha value is 0.941. The molecule has 1 atom stereocenters. The highest BCUT2D eigenvalue weighted by Crippen LogP contribution is 2.26. The summed E-state index contributed by atoms with van der Waals surface area (Å²) in [6, 6.07) is 3.49. The first kappa shape index (κ1) is 49.1. The van der Waals surface area contributed by atoms with Crippen molar-refractivity contribution in [1.82, 2.24) is 0 Å². The SMILES string of the molecule is CCCC[Si](C)(C)O[Si](C)(C)O[SiH](C)C.CCCC[Si](C)(C)O[Si](C)(C)O[Si](C)(C)CCCOCC(O)COCCOCCOC. The first-order chi connectivity index (χ1) is 21.1. The van der Waals surface area contributed by atoms with Crippen LogP contribution >= 0.6 is 0 Å². The second kappa shape index (κ2) is 25.8. The van der Waals surface area contributed by atoms with Crippen molar-refractivity contribution in [3.05, 3.63) is 0 Å². The third-order valence-electron chi connectivity index (χ3n) is 6.84. The molecule has 0 radical (unpaired) electrons. The fourth-order valence-electron chi connectivity index (χ4n) is 5.42. The molecule has 0 aromatic carbocycles. The zero-order valence-corrected chi connectivity index (χ0v) is 39.1. The van der Waals surface area contributed by atoms with E-state index in [9.17, 15) is 5.11 Å². The second-order valence-corrected chi connectivity index (χ2v) is 38.4. The maximum Gasteiger partial charge on any atom is 0.311 e. The molecule has 0 rings (SSSR count). The lowest BCUT2D eigenvalue weighted by Crippen LogP contribution is -2.52. The van der Waals surface area contributed by atoms with E-state index >= 15 is 0 Å². The Morgan fingerprint density at radius 3 is 1.37 bits per heavy atom. The third-order valence-corrected chi connectivity index (χ3v) is 28.2. The van der Waals surface area contributed by atoms with E-state index in [1.807, 2.05) is 0 Å². The highest BCUT2D eigenvalue weighted by atomic mass is 28.5. The van der Waals surface area contributed by atoms with Gasteiger partial charge < -0.3 is 40.5 Å². The summed E-state index contributed by atoms with van der Waals surface area (Å²) in [4.78, 5) is 0. The van der Waals surface area contributed by atoms with Crippen LogP contribution in [0.3, 0.4) is 0 Å². The van der Waals surface area contributed by atoms with Gasteiger partial charge in [-0.05, 0) is 103 Å². The van der Waals surface area contributed by atoms with Crippen LogP contribution in [0, 0.1) is 0 Å². The Kier molecular flexibility index (Phi) is 27.5. The summed E-state index contributed by atoms with van der Waals surface area (Å²) in [5.41, 5.74) is 0. The van der Waals surface area contributed by atoms with Crippen molar-refractivity contribution in [3.8, 4) is 0 Å². The number of aliphatic hydroxyl groups is 1. The maximum atomic E-state index is 9.94. The van der Waals surface area contributed by atoms with E-state index in [0.717, 1.165) is 12.5 Å².